The van der Waals surface area contributed by atoms with Crippen molar-refractivity contribution in [1.29, 1.82) is 0 Å². The summed E-state index contributed by atoms with van der Waals surface area (Å²) < 4.78 is 0. The highest BCUT2D eigenvalue weighted by Gasteiger charge is 2.03. The number of benzene rings is 1. The first-order valence-corrected chi connectivity index (χ1v) is 5.57. The summed E-state index contributed by atoms with van der Waals surface area (Å²) in [6, 6.07) is 6.34. The molecule has 1 aromatic rings. The van der Waals surface area contributed by atoms with E-state index in [9.17, 15) is 4.79 Å². The standard InChI is InChI=1S/C14H19NO/c1-4-9-15-14(16)8-7-13-6-5-11(2)10-12(13)3/h4-6,10H,1,7-9H2,2-3H3,(H,15,16). The molecule has 16 heavy (non-hydrogen) atoms. The number of hydrogen-bond donors (Lipinski definition) is 1. The molecule has 0 unspecified atom stereocenters. The third-order valence-corrected chi connectivity index (χ3v) is 2.56. The number of carbonyl (C=O) groups excluding carboxylic acids is 1. The molecule has 0 spiro atoms. The van der Waals surface area contributed by atoms with Crippen LogP contribution in [0, 0.1) is 13.8 Å². The summed E-state index contributed by atoms with van der Waals surface area (Å²) in [5.74, 6) is 0.0832. The molecule has 0 atom stereocenters. The highest BCUT2D eigenvalue weighted by molar-refractivity contribution is 5.76. The number of aryl methyl sites for hydroxylation is 3. The van der Waals surface area contributed by atoms with Gasteiger partial charge in [0.1, 0.15) is 0 Å². The second kappa shape index (κ2) is 6.11. The summed E-state index contributed by atoms with van der Waals surface area (Å²) in [7, 11) is 0. The SMILES string of the molecule is C=CCNC(=O)CCc1ccc(C)cc1C. The quantitative estimate of drug-likeness (QED) is 0.754. The number of amides is 1. The number of hydrogen-bond acceptors (Lipinski definition) is 1. The van der Waals surface area contributed by atoms with Gasteiger partial charge in [-0.25, -0.2) is 0 Å². The van der Waals surface area contributed by atoms with E-state index in [0.29, 0.717) is 13.0 Å². The van der Waals surface area contributed by atoms with Gasteiger partial charge in [-0.15, -0.1) is 6.58 Å². The van der Waals surface area contributed by atoms with Crippen molar-refractivity contribution in [3.05, 3.63) is 47.5 Å². The van der Waals surface area contributed by atoms with Crippen LogP contribution in [0.25, 0.3) is 0 Å². The molecule has 0 saturated heterocycles. The number of nitrogens with one attached hydrogen (secondary N) is 1. The van der Waals surface area contributed by atoms with Crippen LogP contribution in [0.5, 0.6) is 0 Å². The minimum Gasteiger partial charge on any atom is -0.353 e. The lowest BCUT2D eigenvalue weighted by Crippen LogP contribution is -2.23. The first-order chi connectivity index (χ1) is 7.63. The smallest absolute Gasteiger partial charge is 0.220 e. The van der Waals surface area contributed by atoms with Crippen molar-refractivity contribution >= 4 is 5.91 Å². The van der Waals surface area contributed by atoms with Crippen LogP contribution < -0.4 is 5.32 Å². The Labute approximate surface area is 97.4 Å². The lowest BCUT2D eigenvalue weighted by molar-refractivity contribution is -0.120. The fourth-order valence-electron chi connectivity index (χ4n) is 1.65. The number of rotatable bonds is 5. The maximum absolute atomic E-state index is 11.4. The van der Waals surface area contributed by atoms with Gasteiger partial charge in [0.05, 0.1) is 0 Å². The van der Waals surface area contributed by atoms with E-state index in [1.165, 1.54) is 16.7 Å². The van der Waals surface area contributed by atoms with Gasteiger partial charge in [-0.2, -0.15) is 0 Å². The van der Waals surface area contributed by atoms with Crippen molar-refractivity contribution in [2.45, 2.75) is 26.7 Å². The van der Waals surface area contributed by atoms with Gasteiger partial charge in [-0.1, -0.05) is 29.8 Å². The fourth-order valence-corrected chi connectivity index (χ4v) is 1.65. The monoisotopic (exact) mass is 217 g/mol. The molecule has 0 radical (unpaired) electrons. The van der Waals surface area contributed by atoms with Gasteiger partial charge in [0.25, 0.3) is 0 Å². The Morgan fingerprint density at radius 3 is 2.81 bits per heavy atom. The van der Waals surface area contributed by atoms with E-state index in [4.69, 9.17) is 0 Å². The molecular weight excluding hydrogens is 198 g/mol. The predicted octanol–water partition coefficient (Wildman–Crippen LogP) is 2.54. The zero-order valence-electron chi connectivity index (χ0n) is 10.0. The van der Waals surface area contributed by atoms with Crippen LogP contribution in [-0.4, -0.2) is 12.5 Å². The highest BCUT2D eigenvalue weighted by Crippen LogP contribution is 2.12. The molecule has 0 fully saturated rings. The summed E-state index contributed by atoms with van der Waals surface area (Å²) in [5.41, 5.74) is 3.77. The molecule has 1 N–H and O–H groups in total. The van der Waals surface area contributed by atoms with Crippen molar-refractivity contribution in [3.8, 4) is 0 Å². The normalized spacial score (nSPS) is 9.88. The maximum Gasteiger partial charge on any atom is 0.220 e. The molecule has 0 aliphatic carbocycles. The van der Waals surface area contributed by atoms with E-state index in [1.54, 1.807) is 6.08 Å². The predicted molar refractivity (Wildman–Crippen MR) is 67.4 cm³/mol. The Hall–Kier alpha value is -1.57. The largest absolute Gasteiger partial charge is 0.353 e. The van der Waals surface area contributed by atoms with Gasteiger partial charge in [0.15, 0.2) is 0 Å². The summed E-state index contributed by atoms with van der Waals surface area (Å²) in [4.78, 5) is 11.4. The van der Waals surface area contributed by atoms with Crippen molar-refractivity contribution in [1.82, 2.24) is 5.32 Å². The Morgan fingerprint density at radius 2 is 2.19 bits per heavy atom. The summed E-state index contributed by atoms with van der Waals surface area (Å²) in [6.07, 6.45) is 3.03. The van der Waals surface area contributed by atoms with Crippen molar-refractivity contribution in [3.63, 3.8) is 0 Å². The molecular formula is C14H19NO. The second-order valence-corrected chi connectivity index (χ2v) is 4.02. The van der Waals surface area contributed by atoms with E-state index < -0.39 is 0 Å². The average Bonchev–Trinajstić information content (AvgIpc) is 2.25. The zero-order chi connectivity index (χ0) is 12.0. The van der Waals surface area contributed by atoms with Gasteiger partial charge in [0, 0.05) is 13.0 Å². The molecule has 0 aromatic heterocycles. The Kier molecular flexibility index (Phi) is 4.77. The fraction of sp³-hybridized carbons (Fsp3) is 0.357. The molecule has 2 nitrogen and oxygen atoms in total. The lowest BCUT2D eigenvalue weighted by Gasteiger charge is -2.06. The minimum atomic E-state index is 0.0832. The number of carbonyl (C=O) groups is 1. The maximum atomic E-state index is 11.4. The summed E-state index contributed by atoms with van der Waals surface area (Å²) in [6.45, 7) is 8.27. The first-order valence-electron chi connectivity index (χ1n) is 5.57. The zero-order valence-corrected chi connectivity index (χ0v) is 10.0. The van der Waals surface area contributed by atoms with Crippen LogP contribution in [0.4, 0.5) is 0 Å². The van der Waals surface area contributed by atoms with E-state index in [1.807, 2.05) is 0 Å². The Balaban J connectivity index is 2.48. The molecule has 0 saturated carbocycles. The summed E-state index contributed by atoms with van der Waals surface area (Å²) >= 11 is 0. The van der Waals surface area contributed by atoms with Gasteiger partial charge in [0.2, 0.25) is 5.91 Å². The van der Waals surface area contributed by atoms with Crippen LogP contribution in [0.1, 0.15) is 23.1 Å². The van der Waals surface area contributed by atoms with Crippen molar-refractivity contribution in [2.75, 3.05) is 6.54 Å². The highest BCUT2D eigenvalue weighted by atomic mass is 16.1. The Morgan fingerprint density at radius 1 is 1.44 bits per heavy atom. The van der Waals surface area contributed by atoms with Crippen LogP contribution in [0.3, 0.4) is 0 Å². The molecule has 1 rings (SSSR count). The lowest BCUT2D eigenvalue weighted by atomic mass is 10.0. The van der Waals surface area contributed by atoms with E-state index in [-0.39, 0.29) is 5.91 Å². The molecule has 1 amide bonds. The van der Waals surface area contributed by atoms with Gasteiger partial charge in [-0.3, -0.25) is 4.79 Å². The molecule has 1 aromatic carbocycles. The van der Waals surface area contributed by atoms with E-state index in [2.05, 4.69) is 43.9 Å². The summed E-state index contributed by atoms with van der Waals surface area (Å²) in [5, 5.41) is 2.78. The molecule has 2 heteroatoms. The minimum absolute atomic E-state index is 0.0832. The van der Waals surface area contributed by atoms with Crippen LogP contribution in [0.15, 0.2) is 30.9 Å². The molecule has 0 aliphatic rings. The van der Waals surface area contributed by atoms with Gasteiger partial charge >= 0.3 is 0 Å². The van der Waals surface area contributed by atoms with Crippen molar-refractivity contribution < 1.29 is 4.79 Å². The van der Waals surface area contributed by atoms with Gasteiger partial charge < -0.3 is 5.32 Å². The van der Waals surface area contributed by atoms with E-state index in [0.717, 1.165) is 6.42 Å². The van der Waals surface area contributed by atoms with Gasteiger partial charge in [-0.05, 0) is 31.4 Å². The van der Waals surface area contributed by atoms with E-state index >= 15 is 0 Å². The van der Waals surface area contributed by atoms with Crippen LogP contribution >= 0.6 is 0 Å². The molecule has 0 heterocycles. The van der Waals surface area contributed by atoms with Crippen LogP contribution in [-0.2, 0) is 11.2 Å². The first kappa shape index (κ1) is 12.5. The third-order valence-electron chi connectivity index (χ3n) is 2.56. The average molecular weight is 217 g/mol. The van der Waals surface area contributed by atoms with Crippen molar-refractivity contribution in [2.24, 2.45) is 0 Å². The molecule has 0 bridgehead atoms. The third kappa shape index (κ3) is 3.89. The molecule has 86 valence electrons. The Bertz CT molecular complexity index is 382. The molecule has 0 aliphatic heterocycles. The topological polar surface area (TPSA) is 29.1 Å². The second-order valence-electron chi connectivity index (χ2n) is 4.02. The van der Waals surface area contributed by atoms with Crippen LogP contribution in [0.2, 0.25) is 0 Å².